The minimum absolute atomic E-state index is 0.117. The van der Waals surface area contributed by atoms with Gasteiger partial charge in [-0.3, -0.25) is 14.9 Å². The van der Waals surface area contributed by atoms with Crippen molar-refractivity contribution in [2.75, 3.05) is 7.05 Å². The second-order valence-electron chi connectivity index (χ2n) is 4.53. The molecule has 6 heteroatoms. The fourth-order valence-electron chi connectivity index (χ4n) is 1.93. The average molecular weight is 273 g/mol. The summed E-state index contributed by atoms with van der Waals surface area (Å²) in [4.78, 5) is 26.5. The smallest absolute Gasteiger partial charge is 0.287 e. The van der Waals surface area contributed by atoms with Gasteiger partial charge in [0.05, 0.1) is 17.2 Å². The highest BCUT2D eigenvalue weighted by Gasteiger charge is 2.22. The number of benzene rings is 1. The lowest BCUT2D eigenvalue weighted by Gasteiger charge is -2.24. The zero-order chi connectivity index (χ0) is 14.7. The molecule has 0 saturated carbocycles. The van der Waals surface area contributed by atoms with E-state index in [-0.39, 0.29) is 23.3 Å². The average Bonchev–Trinajstić information content (AvgIpc) is 2.96. The second kappa shape index (κ2) is 5.56. The molecule has 2 aromatic rings. The number of carbonyl (C=O) groups is 1. The zero-order valence-electron chi connectivity index (χ0n) is 11.2. The fourth-order valence-corrected chi connectivity index (χ4v) is 1.93. The van der Waals surface area contributed by atoms with Crippen LogP contribution in [0.5, 0.6) is 0 Å². The maximum absolute atomic E-state index is 12.3. The van der Waals surface area contributed by atoms with Crippen molar-refractivity contribution in [1.29, 1.82) is 0 Å². The van der Waals surface area contributed by atoms with Crippen LogP contribution >= 0.6 is 0 Å². The summed E-state index contributed by atoms with van der Waals surface area (Å²) in [5.74, 6) is -0.283. The number of aromatic amines is 1. The van der Waals surface area contributed by atoms with Crippen LogP contribution < -0.4 is 0 Å². The van der Waals surface area contributed by atoms with Crippen LogP contribution in [0.2, 0.25) is 0 Å². The summed E-state index contributed by atoms with van der Waals surface area (Å²) in [5, 5.41) is 10.6. The van der Waals surface area contributed by atoms with E-state index in [1.807, 2.05) is 37.3 Å². The lowest BCUT2D eigenvalue weighted by atomic mass is 10.1. The molecule has 0 spiro atoms. The Morgan fingerprint density at radius 1 is 1.35 bits per heavy atom. The predicted octanol–water partition coefficient (Wildman–Crippen LogP) is 2.76. The van der Waals surface area contributed by atoms with Gasteiger partial charge in [0.2, 0.25) is 0 Å². The molecule has 0 saturated heterocycles. The SMILES string of the molecule is C[C@@H](c1ccccc1)N(C)C(=O)c1cc([N+](=O)[O-])c[nH]1. The lowest BCUT2D eigenvalue weighted by molar-refractivity contribution is -0.384. The first-order chi connectivity index (χ1) is 9.50. The van der Waals surface area contributed by atoms with Gasteiger partial charge in [-0.05, 0) is 12.5 Å². The summed E-state index contributed by atoms with van der Waals surface area (Å²) in [5.41, 5.74) is 1.10. The van der Waals surface area contributed by atoms with Crippen LogP contribution in [-0.2, 0) is 0 Å². The summed E-state index contributed by atoms with van der Waals surface area (Å²) < 4.78 is 0. The molecule has 0 unspecified atom stereocenters. The van der Waals surface area contributed by atoms with Crippen molar-refractivity contribution >= 4 is 11.6 Å². The van der Waals surface area contributed by atoms with Crippen molar-refractivity contribution in [3.05, 3.63) is 64.0 Å². The molecule has 6 nitrogen and oxygen atoms in total. The van der Waals surface area contributed by atoms with Crippen LogP contribution in [0.25, 0.3) is 0 Å². The molecule has 1 aromatic heterocycles. The molecule has 0 bridgehead atoms. The van der Waals surface area contributed by atoms with Crippen LogP contribution in [0.4, 0.5) is 5.69 Å². The summed E-state index contributed by atoms with van der Waals surface area (Å²) in [6, 6.07) is 10.7. The van der Waals surface area contributed by atoms with Gasteiger partial charge in [0.15, 0.2) is 0 Å². The molecular formula is C14H15N3O3. The Bertz CT molecular complexity index is 622. The van der Waals surface area contributed by atoms with Gasteiger partial charge in [-0.2, -0.15) is 0 Å². The highest BCUT2D eigenvalue weighted by Crippen LogP contribution is 2.21. The van der Waals surface area contributed by atoms with E-state index in [4.69, 9.17) is 0 Å². The van der Waals surface area contributed by atoms with E-state index in [0.29, 0.717) is 0 Å². The number of carbonyl (C=O) groups excluding carboxylic acids is 1. The van der Waals surface area contributed by atoms with Gasteiger partial charge in [-0.15, -0.1) is 0 Å². The number of nitrogens with zero attached hydrogens (tertiary/aromatic N) is 2. The third-order valence-corrected chi connectivity index (χ3v) is 3.29. The molecular weight excluding hydrogens is 258 g/mol. The van der Waals surface area contributed by atoms with Crippen LogP contribution in [0.3, 0.4) is 0 Å². The number of nitrogens with one attached hydrogen (secondary N) is 1. The molecule has 2 rings (SSSR count). The van der Waals surface area contributed by atoms with Gasteiger partial charge < -0.3 is 9.88 Å². The molecule has 104 valence electrons. The normalized spacial score (nSPS) is 11.9. The topological polar surface area (TPSA) is 79.2 Å². The molecule has 0 fully saturated rings. The van der Waals surface area contributed by atoms with E-state index < -0.39 is 4.92 Å². The van der Waals surface area contributed by atoms with Crippen LogP contribution in [-0.4, -0.2) is 27.8 Å². The fraction of sp³-hybridized carbons (Fsp3) is 0.214. The monoisotopic (exact) mass is 273 g/mol. The number of rotatable bonds is 4. The molecule has 0 aliphatic carbocycles. The Morgan fingerprint density at radius 3 is 2.55 bits per heavy atom. The highest BCUT2D eigenvalue weighted by molar-refractivity contribution is 5.93. The molecule has 20 heavy (non-hydrogen) atoms. The maximum Gasteiger partial charge on any atom is 0.287 e. The van der Waals surface area contributed by atoms with Gasteiger partial charge in [0, 0.05) is 13.1 Å². The molecule has 0 aliphatic heterocycles. The Labute approximate surface area is 116 Å². The first kappa shape index (κ1) is 13.8. The maximum atomic E-state index is 12.3. The van der Waals surface area contributed by atoms with E-state index in [2.05, 4.69) is 4.98 Å². The van der Waals surface area contributed by atoms with E-state index in [1.165, 1.54) is 12.3 Å². The largest absolute Gasteiger partial charge is 0.351 e. The number of nitro groups is 1. The first-order valence-electron chi connectivity index (χ1n) is 6.15. The van der Waals surface area contributed by atoms with Gasteiger partial charge >= 0.3 is 0 Å². The molecule has 1 aromatic carbocycles. The molecule has 0 radical (unpaired) electrons. The third kappa shape index (κ3) is 2.69. The van der Waals surface area contributed by atoms with Gasteiger partial charge in [0.25, 0.3) is 11.6 Å². The summed E-state index contributed by atoms with van der Waals surface area (Å²) in [7, 11) is 1.67. The summed E-state index contributed by atoms with van der Waals surface area (Å²) in [6.07, 6.45) is 1.22. The standard InChI is InChI=1S/C14H15N3O3/c1-10(11-6-4-3-5-7-11)16(2)14(18)13-8-12(9-15-13)17(19)20/h3-10,15H,1-2H3/t10-/m0/s1. The van der Waals surface area contributed by atoms with E-state index in [9.17, 15) is 14.9 Å². The second-order valence-corrected chi connectivity index (χ2v) is 4.53. The Hall–Kier alpha value is -2.63. The number of hydrogen-bond donors (Lipinski definition) is 1. The Balaban J connectivity index is 2.17. The number of H-pyrrole nitrogens is 1. The van der Waals surface area contributed by atoms with Crippen molar-refractivity contribution in [1.82, 2.24) is 9.88 Å². The van der Waals surface area contributed by atoms with Crippen molar-refractivity contribution in [2.24, 2.45) is 0 Å². The third-order valence-electron chi connectivity index (χ3n) is 3.29. The number of aromatic nitrogens is 1. The van der Waals surface area contributed by atoms with E-state index in [0.717, 1.165) is 5.56 Å². The highest BCUT2D eigenvalue weighted by atomic mass is 16.6. The van der Waals surface area contributed by atoms with Crippen molar-refractivity contribution in [3.63, 3.8) is 0 Å². The van der Waals surface area contributed by atoms with Gasteiger partial charge in [-0.25, -0.2) is 0 Å². The van der Waals surface area contributed by atoms with Crippen molar-refractivity contribution in [2.45, 2.75) is 13.0 Å². The Kier molecular flexibility index (Phi) is 3.84. The summed E-state index contributed by atoms with van der Waals surface area (Å²) >= 11 is 0. The van der Waals surface area contributed by atoms with Gasteiger partial charge in [0.1, 0.15) is 5.69 Å². The van der Waals surface area contributed by atoms with E-state index in [1.54, 1.807) is 11.9 Å². The first-order valence-corrected chi connectivity index (χ1v) is 6.15. The molecule has 0 aliphatic rings. The van der Waals surface area contributed by atoms with Gasteiger partial charge in [-0.1, -0.05) is 30.3 Å². The minimum Gasteiger partial charge on any atom is -0.351 e. The minimum atomic E-state index is -0.534. The van der Waals surface area contributed by atoms with Crippen molar-refractivity contribution < 1.29 is 9.72 Å². The quantitative estimate of drug-likeness (QED) is 0.687. The predicted molar refractivity (Wildman–Crippen MR) is 74.4 cm³/mol. The lowest BCUT2D eigenvalue weighted by Crippen LogP contribution is -2.29. The van der Waals surface area contributed by atoms with Crippen LogP contribution in [0.15, 0.2) is 42.6 Å². The van der Waals surface area contributed by atoms with Crippen LogP contribution in [0.1, 0.15) is 29.0 Å². The van der Waals surface area contributed by atoms with Crippen molar-refractivity contribution in [3.8, 4) is 0 Å². The van der Waals surface area contributed by atoms with Crippen LogP contribution in [0, 0.1) is 10.1 Å². The zero-order valence-corrected chi connectivity index (χ0v) is 11.2. The molecule has 1 amide bonds. The van der Waals surface area contributed by atoms with E-state index >= 15 is 0 Å². The summed E-state index contributed by atoms with van der Waals surface area (Å²) in [6.45, 7) is 1.91. The number of hydrogen-bond acceptors (Lipinski definition) is 3. The molecule has 1 N–H and O–H groups in total. The molecule has 1 atom stereocenters. The number of amides is 1. The molecule has 1 heterocycles. The Morgan fingerprint density at radius 2 is 2.00 bits per heavy atom.